The second-order valence-electron chi connectivity index (χ2n) is 4.10. The minimum atomic E-state index is 0.533. The molecule has 0 N–H and O–H groups in total. The van der Waals surface area contributed by atoms with Crippen LogP contribution in [0.5, 0.6) is 11.5 Å². The lowest BCUT2D eigenvalue weighted by Gasteiger charge is -2.19. The molecule has 0 amide bonds. The predicted molar refractivity (Wildman–Crippen MR) is 76.3 cm³/mol. The molecule has 106 valence electrons. The highest BCUT2D eigenvalue weighted by Crippen LogP contribution is 2.30. The van der Waals surface area contributed by atoms with Crippen LogP contribution in [0.3, 0.4) is 0 Å². The smallest absolute Gasteiger partial charge is 0.171 e. The monoisotopic (exact) mass is 265 g/mol. The summed E-state index contributed by atoms with van der Waals surface area (Å²) in [5.74, 6) is 1.18. The van der Waals surface area contributed by atoms with Crippen molar-refractivity contribution in [1.82, 2.24) is 4.90 Å². The lowest BCUT2D eigenvalue weighted by molar-refractivity contribution is 0.111. The zero-order chi connectivity index (χ0) is 14.1. The number of aldehydes is 1. The van der Waals surface area contributed by atoms with E-state index in [1.165, 1.54) is 0 Å². The van der Waals surface area contributed by atoms with E-state index in [0.29, 0.717) is 30.3 Å². The minimum Gasteiger partial charge on any atom is -0.490 e. The first-order chi connectivity index (χ1) is 9.26. The Kier molecular flexibility index (Phi) is 6.97. The molecule has 0 unspecified atom stereocenters. The van der Waals surface area contributed by atoms with E-state index in [9.17, 15) is 4.79 Å². The molecule has 0 bridgehead atoms. The van der Waals surface area contributed by atoms with E-state index in [0.717, 1.165) is 25.9 Å². The number of hydrogen-bond acceptors (Lipinski definition) is 4. The number of para-hydroxylation sites is 1. The summed E-state index contributed by atoms with van der Waals surface area (Å²) >= 11 is 0. The van der Waals surface area contributed by atoms with Gasteiger partial charge in [0, 0.05) is 6.54 Å². The normalized spacial score (nSPS) is 10.5. The quantitative estimate of drug-likeness (QED) is 0.643. The first-order valence-corrected chi connectivity index (χ1v) is 6.82. The summed E-state index contributed by atoms with van der Waals surface area (Å²) in [5, 5.41) is 0. The zero-order valence-corrected chi connectivity index (χ0v) is 12.0. The molecule has 0 aliphatic heterocycles. The molecule has 0 aromatic heterocycles. The van der Waals surface area contributed by atoms with Crippen molar-refractivity contribution < 1.29 is 14.3 Å². The number of nitrogens with zero attached hydrogens (tertiary/aromatic N) is 1. The van der Waals surface area contributed by atoms with Gasteiger partial charge in [-0.15, -0.1) is 0 Å². The topological polar surface area (TPSA) is 38.8 Å². The number of rotatable bonds is 9. The van der Waals surface area contributed by atoms with Gasteiger partial charge in [0.1, 0.15) is 6.61 Å². The maximum Gasteiger partial charge on any atom is 0.171 e. The van der Waals surface area contributed by atoms with Gasteiger partial charge in [-0.1, -0.05) is 19.9 Å². The molecule has 0 saturated carbocycles. The highest BCUT2D eigenvalue weighted by Gasteiger charge is 2.10. The molecule has 0 spiro atoms. The van der Waals surface area contributed by atoms with Crippen molar-refractivity contribution in [3.63, 3.8) is 0 Å². The third-order valence-corrected chi connectivity index (χ3v) is 2.98. The van der Waals surface area contributed by atoms with E-state index < -0.39 is 0 Å². The average molecular weight is 265 g/mol. The van der Waals surface area contributed by atoms with Crippen LogP contribution in [0.25, 0.3) is 0 Å². The Balaban J connectivity index is 2.72. The van der Waals surface area contributed by atoms with Crippen LogP contribution >= 0.6 is 0 Å². The van der Waals surface area contributed by atoms with E-state index in [1.54, 1.807) is 12.1 Å². The Morgan fingerprint density at radius 3 is 2.47 bits per heavy atom. The van der Waals surface area contributed by atoms with Crippen LogP contribution in [0.4, 0.5) is 0 Å². The van der Waals surface area contributed by atoms with Gasteiger partial charge in [0.05, 0.1) is 12.2 Å². The lowest BCUT2D eigenvalue weighted by Crippen LogP contribution is -2.28. The summed E-state index contributed by atoms with van der Waals surface area (Å²) in [4.78, 5) is 13.3. The van der Waals surface area contributed by atoms with Crippen molar-refractivity contribution >= 4 is 6.29 Å². The van der Waals surface area contributed by atoms with Crippen molar-refractivity contribution in [3.05, 3.63) is 23.8 Å². The van der Waals surface area contributed by atoms with Gasteiger partial charge in [0.15, 0.2) is 17.8 Å². The van der Waals surface area contributed by atoms with Crippen LogP contribution in [0.1, 0.15) is 31.1 Å². The molecule has 0 fully saturated rings. The van der Waals surface area contributed by atoms with Crippen LogP contribution < -0.4 is 9.47 Å². The van der Waals surface area contributed by atoms with Crippen LogP contribution in [0.15, 0.2) is 18.2 Å². The largest absolute Gasteiger partial charge is 0.490 e. The van der Waals surface area contributed by atoms with Crippen molar-refractivity contribution in [1.29, 1.82) is 0 Å². The summed E-state index contributed by atoms with van der Waals surface area (Å²) < 4.78 is 11.2. The van der Waals surface area contributed by atoms with Crippen molar-refractivity contribution in [2.45, 2.75) is 20.8 Å². The molecular weight excluding hydrogens is 242 g/mol. The molecule has 1 rings (SSSR count). The molecule has 0 aliphatic carbocycles. The molecule has 1 aromatic rings. The summed E-state index contributed by atoms with van der Waals surface area (Å²) in [6, 6.07) is 5.36. The highest BCUT2D eigenvalue weighted by atomic mass is 16.5. The Morgan fingerprint density at radius 2 is 1.89 bits per heavy atom. The van der Waals surface area contributed by atoms with Crippen molar-refractivity contribution in [3.8, 4) is 11.5 Å². The maximum absolute atomic E-state index is 11.0. The van der Waals surface area contributed by atoms with Gasteiger partial charge in [-0.05, 0) is 32.1 Å². The van der Waals surface area contributed by atoms with Gasteiger partial charge in [0.25, 0.3) is 0 Å². The van der Waals surface area contributed by atoms with Gasteiger partial charge in [-0.2, -0.15) is 0 Å². The van der Waals surface area contributed by atoms with Gasteiger partial charge < -0.3 is 14.4 Å². The number of carbonyl (C=O) groups is 1. The fourth-order valence-corrected chi connectivity index (χ4v) is 1.87. The molecular formula is C15H23NO3. The predicted octanol–water partition coefficient (Wildman–Crippen LogP) is 2.62. The van der Waals surface area contributed by atoms with Gasteiger partial charge in [-0.25, -0.2) is 0 Å². The van der Waals surface area contributed by atoms with Gasteiger partial charge in [-0.3, -0.25) is 4.79 Å². The molecule has 4 heteroatoms. The fourth-order valence-electron chi connectivity index (χ4n) is 1.87. The standard InChI is InChI=1S/C15H23NO3/c1-4-16(5-2)10-11-19-15-13(12-17)8-7-9-14(15)18-6-3/h7-9,12H,4-6,10-11H2,1-3H3. The number of hydrogen-bond donors (Lipinski definition) is 0. The summed E-state index contributed by atoms with van der Waals surface area (Å²) in [5.41, 5.74) is 0.533. The first kappa shape index (κ1) is 15.5. The van der Waals surface area contributed by atoms with Crippen LogP contribution in [-0.2, 0) is 0 Å². The van der Waals surface area contributed by atoms with E-state index in [-0.39, 0.29) is 0 Å². The average Bonchev–Trinajstić information content (AvgIpc) is 2.45. The molecule has 0 radical (unpaired) electrons. The zero-order valence-electron chi connectivity index (χ0n) is 12.0. The van der Waals surface area contributed by atoms with Crippen molar-refractivity contribution in [2.75, 3.05) is 32.8 Å². The van der Waals surface area contributed by atoms with Gasteiger partial charge >= 0.3 is 0 Å². The van der Waals surface area contributed by atoms with Crippen LogP contribution in [0, 0.1) is 0 Å². The number of likely N-dealkylation sites (N-methyl/N-ethyl adjacent to an activating group) is 1. The van der Waals surface area contributed by atoms with Crippen molar-refractivity contribution in [2.24, 2.45) is 0 Å². The van der Waals surface area contributed by atoms with E-state index >= 15 is 0 Å². The molecule has 0 heterocycles. The number of carbonyl (C=O) groups excluding carboxylic acids is 1. The Hall–Kier alpha value is -1.55. The fraction of sp³-hybridized carbons (Fsp3) is 0.533. The van der Waals surface area contributed by atoms with E-state index in [4.69, 9.17) is 9.47 Å². The minimum absolute atomic E-state index is 0.533. The Bertz CT molecular complexity index is 389. The third-order valence-electron chi connectivity index (χ3n) is 2.98. The second-order valence-corrected chi connectivity index (χ2v) is 4.10. The molecule has 19 heavy (non-hydrogen) atoms. The summed E-state index contributed by atoms with van der Waals surface area (Å²) in [7, 11) is 0. The summed E-state index contributed by atoms with van der Waals surface area (Å²) in [6.07, 6.45) is 0.801. The molecule has 0 saturated heterocycles. The first-order valence-electron chi connectivity index (χ1n) is 6.82. The third kappa shape index (κ3) is 4.56. The Morgan fingerprint density at radius 1 is 1.16 bits per heavy atom. The molecule has 0 aliphatic rings. The maximum atomic E-state index is 11.0. The highest BCUT2D eigenvalue weighted by molar-refractivity contribution is 5.81. The van der Waals surface area contributed by atoms with E-state index in [2.05, 4.69) is 18.7 Å². The SMILES string of the molecule is CCOc1cccc(C=O)c1OCCN(CC)CC. The van der Waals surface area contributed by atoms with E-state index in [1.807, 2.05) is 13.0 Å². The van der Waals surface area contributed by atoms with Gasteiger partial charge in [0.2, 0.25) is 0 Å². The summed E-state index contributed by atoms with van der Waals surface area (Å²) in [6.45, 7) is 10.1. The second kappa shape index (κ2) is 8.53. The lowest BCUT2D eigenvalue weighted by atomic mass is 10.2. The number of ether oxygens (including phenoxy) is 2. The number of benzene rings is 1. The molecule has 1 aromatic carbocycles. The molecule has 4 nitrogen and oxygen atoms in total. The molecule has 0 atom stereocenters. The van der Waals surface area contributed by atoms with Crippen LogP contribution in [0.2, 0.25) is 0 Å². The Labute approximate surface area is 115 Å². The van der Waals surface area contributed by atoms with Crippen LogP contribution in [-0.4, -0.2) is 44.0 Å².